The van der Waals surface area contributed by atoms with Crippen molar-refractivity contribution in [1.29, 1.82) is 0 Å². The van der Waals surface area contributed by atoms with Gasteiger partial charge in [-0.05, 0) is 12.3 Å². The molecule has 3 nitrogen and oxygen atoms in total. The molecular formula is C11H26N2O. The van der Waals surface area contributed by atoms with Crippen molar-refractivity contribution in [3.8, 4) is 0 Å². The van der Waals surface area contributed by atoms with Crippen LogP contribution in [0.25, 0.3) is 0 Å². The molecule has 0 rings (SSSR count). The minimum Gasteiger partial charge on any atom is -0.294 e. The number of nitrogens with one attached hydrogen (secondary N) is 1. The SMILES string of the molecule is CC.CCCCC(C)CCC(=O)NN. The van der Waals surface area contributed by atoms with Crippen molar-refractivity contribution in [2.24, 2.45) is 11.8 Å². The summed E-state index contributed by atoms with van der Waals surface area (Å²) in [6, 6.07) is 0. The van der Waals surface area contributed by atoms with Gasteiger partial charge >= 0.3 is 0 Å². The fourth-order valence-electron chi connectivity index (χ4n) is 1.15. The van der Waals surface area contributed by atoms with Crippen molar-refractivity contribution in [3.05, 3.63) is 0 Å². The van der Waals surface area contributed by atoms with E-state index in [1.807, 2.05) is 13.8 Å². The highest BCUT2D eigenvalue weighted by atomic mass is 16.2. The zero-order chi connectivity index (χ0) is 11.4. The van der Waals surface area contributed by atoms with Crippen molar-refractivity contribution in [1.82, 2.24) is 5.43 Å². The van der Waals surface area contributed by atoms with Gasteiger partial charge in [0.1, 0.15) is 0 Å². The second-order valence-corrected chi connectivity index (χ2v) is 3.35. The van der Waals surface area contributed by atoms with E-state index in [4.69, 9.17) is 5.84 Å². The van der Waals surface area contributed by atoms with Gasteiger partial charge in [-0.2, -0.15) is 0 Å². The zero-order valence-corrected chi connectivity index (χ0v) is 10.1. The van der Waals surface area contributed by atoms with Gasteiger partial charge in [0.25, 0.3) is 0 Å². The van der Waals surface area contributed by atoms with Gasteiger partial charge in [0, 0.05) is 6.42 Å². The number of unbranched alkanes of at least 4 members (excludes halogenated alkanes) is 1. The Morgan fingerprint density at radius 1 is 1.36 bits per heavy atom. The van der Waals surface area contributed by atoms with Gasteiger partial charge in [-0.1, -0.05) is 47.0 Å². The van der Waals surface area contributed by atoms with Crippen LogP contribution in [-0.2, 0) is 4.79 Å². The lowest BCUT2D eigenvalue weighted by atomic mass is 9.99. The summed E-state index contributed by atoms with van der Waals surface area (Å²) in [5.41, 5.74) is 2.14. The quantitative estimate of drug-likeness (QED) is 0.395. The summed E-state index contributed by atoms with van der Waals surface area (Å²) in [6.45, 7) is 8.36. The van der Waals surface area contributed by atoms with E-state index in [1.165, 1.54) is 19.3 Å². The lowest BCUT2D eigenvalue weighted by Gasteiger charge is -2.08. The van der Waals surface area contributed by atoms with Crippen LogP contribution >= 0.6 is 0 Å². The van der Waals surface area contributed by atoms with Gasteiger partial charge in [-0.15, -0.1) is 0 Å². The summed E-state index contributed by atoms with van der Waals surface area (Å²) in [7, 11) is 0. The topological polar surface area (TPSA) is 55.1 Å². The van der Waals surface area contributed by atoms with E-state index >= 15 is 0 Å². The molecule has 0 aliphatic rings. The van der Waals surface area contributed by atoms with E-state index < -0.39 is 0 Å². The number of carbonyl (C=O) groups excluding carboxylic acids is 1. The average Bonchev–Trinajstić information content (AvgIpc) is 2.25. The van der Waals surface area contributed by atoms with Crippen molar-refractivity contribution in [2.45, 2.75) is 59.8 Å². The van der Waals surface area contributed by atoms with Gasteiger partial charge < -0.3 is 0 Å². The monoisotopic (exact) mass is 202 g/mol. The summed E-state index contributed by atoms with van der Waals surface area (Å²) in [6.07, 6.45) is 5.21. The van der Waals surface area contributed by atoms with Crippen LogP contribution in [0.2, 0.25) is 0 Å². The largest absolute Gasteiger partial charge is 0.294 e. The third-order valence-electron chi connectivity index (χ3n) is 2.08. The Morgan fingerprint density at radius 2 is 1.93 bits per heavy atom. The number of carbonyl (C=O) groups is 1. The van der Waals surface area contributed by atoms with E-state index in [0.717, 1.165) is 6.42 Å². The fourth-order valence-corrected chi connectivity index (χ4v) is 1.15. The molecule has 0 bridgehead atoms. The molecule has 0 spiro atoms. The van der Waals surface area contributed by atoms with Crippen LogP contribution in [0.1, 0.15) is 59.8 Å². The lowest BCUT2D eigenvalue weighted by molar-refractivity contribution is -0.121. The standard InChI is InChI=1S/C9H20N2O.C2H6/c1-3-4-5-8(2)6-7-9(12)11-10;1-2/h8H,3-7,10H2,1-2H3,(H,11,12);1-2H3. The highest BCUT2D eigenvalue weighted by Crippen LogP contribution is 2.13. The number of nitrogens with two attached hydrogens (primary N) is 1. The minimum atomic E-state index is -0.0571. The average molecular weight is 202 g/mol. The zero-order valence-electron chi connectivity index (χ0n) is 10.1. The van der Waals surface area contributed by atoms with Crippen LogP contribution in [0.5, 0.6) is 0 Å². The third-order valence-corrected chi connectivity index (χ3v) is 2.08. The third kappa shape index (κ3) is 11.4. The van der Waals surface area contributed by atoms with Crippen LogP contribution in [0, 0.1) is 5.92 Å². The molecule has 3 N–H and O–H groups in total. The highest BCUT2D eigenvalue weighted by Gasteiger charge is 2.04. The van der Waals surface area contributed by atoms with Crippen molar-refractivity contribution >= 4 is 5.91 Å². The molecule has 0 aliphatic heterocycles. The van der Waals surface area contributed by atoms with Crippen LogP contribution in [0.4, 0.5) is 0 Å². The number of hydrazine groups is 1. The summed E-state index contributed by atoms with van der Waals surface area (Å²) < 4.78 is 0. The first-order chi connectivity index (χ1) is 6.70. The molecule has 0 radical (unpaired) electrons. The molecule has 1 atom stereocenters. The molecule has 0 fully saturated rings. The van der Waals surface area contributed by atoms with Gasteiger partial charge in [0.2, 0.25) is 5.91 Å². The number of amides is 1. The number of hydrogen-bond donors (Lipinski definition) is 2. The van der Waals surface area contributed by atoms with Crippen LogP contribution in [0.15, 0.2) is 0 Å². The molecule has 0 heterocycles. The van der Waals surface area contributed by atoms with E-state index in [0.29, 0.717) is 12.3 Å². The van der Waals surface area contributed by atoms with Crippen LogP contribution in [0.3, 0.4) is 0 Å². The predicted octanol–water partition coefficient (Wildman–Crippen LogP) is 2.61. The Kier molecular flexibility index (Phi) is 14.1. The normalized spacial score (nSPS) is 11.2. The maximum absolute atomic E-state index is 10.8. The molecule has 0 saturated heterocycles. The molecular weight excluding hydrogens is 176 g/mol. The van der Waals surface area contributed by atoms with E-state index in [2.05, 4.69) is 19.3 Å². The molecule has 0 aliphatic carbocycles. The minimum absolute atomic E-state index is 0.0571. The van der Waals surface area contributed by atoms with Crippen molar-refractivity contribution < 1.29 is 4.79 Å². The first-order valence-electron chi connectivity index (χ1n) is 5.70. The lowest BCUT2D eigenvalue weighted by Crippen LogP contribution is -2.30. The molecule has 86 valence electrons. The maximum atomic E-state index is 10.8. The van der Waals surface area contributed by atoms with Crippen LogP contribution < -0.4 is 11.3 Å². The molecule has 0 aromatic rings. The Labute approximate surface area is 88.4 Å². The maximum Gasteiger partial charge on any atom is 0.233 e. The number of hydrogen-bond acceptors (Lipinski definition) is 2. The van der Waals surface area contributed by atoms with Crippen LogP contribution in [-0.4, -0.2) is 5.91 Å². The Balaban J connectivity index is 0. The Morgan fingerprint density at radius 3 is 2.36 bits per heavy atom. The van der Waals surface area contributed by atoms with E-state index in [1.54, 1.807) is 0 Å². The van der Waals surface area contributed by atoms with E-state index in [9.17, 15) is 4.79 Å². The van der Waals surface area contributed by atoms with Crippen molar-refractivity contribution in [3.63, 3.8) is 0 Å². The second kappa shape index (κ2) is 12.4. The first kappa shape index (κ1) is 15.9. The van der Waals surface area contributed by atoms with Gasteiger partial charge in [0.05, 0.1) is 0 Å². The first-order valence-corrected chi connectivity index (χ1v) is 5.70. The molecule has 0 aromatic carbocycles. The summed E-state index contributed by atoms with van der Waals surface area (Å²) >= 11 is 0. The molecule has 1 unspecified atom stereocenters. The smallest absolute Gasteiger partial charge is 0.233 e. The molecule has 0 saturated carbocycles. The molecule has 3 heteroatoms. The Hall–Kier alpha value is -0.570. The highest BCUT2D eigenvalue weighted by molar-refractivity contribution is 5.75. The van der Waals surface area contributed by atoms with Gasteiger partial charge in [0.15, 0.2) is 0 Å². The fraction of sp³-hybridized carbons (Fsp3) is 0.909. The summed E-state index contributed by atoms with van der Waals surface area (Å²) in [5.74, 6) is 5.54. The van der Waals surface area contributed by atoms with Gasteiger partial charge in [-0.25, -0.2) is 5.84 Å². The summed E-state index contributed by atoms with van der Waals surface area (Å²) in [5, 5.41) is 0. The molecule has 0 aromatic heterocycles. The summed E-state index contributed by atoms with van der Waals surface area (Å²) in [4.78, 5) is 10.8. The predicted molar refractivity (Wildman–Crippen MR) is 61.6 cm³/mol. The van der Waals surface area contributed by atoms with Gasteiger partial charge in [-0.3, -0.25) is 10.2 Å². The second-order valence-electron chi connectivity index (χ2n) is 3.35. The van der Waals surface area contributed by atoms with E-state index in [-0.39, 0.29) is 5.91 Å². The molecule has 1 amide bonds. The molecule has 14 heavy (non-hydrogen) atoms. The number of rotatable bonds is 6. The van der Waals surface area contributed by atoms with Crippen molar-refractivity contribution in [2.75, 3.05) is 0 Å². The Bertz CT molecular complexity index is 126.